The standard InChI is InChI=1S/C15H25N3O/c1-5-6-11(2)18(3)10-13-9-12(15(16)17)7-8-14(13)19-4/h7-9,11H,5-6,10H2,1-4H3,(H3,16,17). The van der Waals surface area contributed by atoms with Crippen molar-refractivity contribution in [2.24, 2.45) is 5.73 Å². The smallest absolute Gasteiger partial charge is 0.123 e. The number of nitrogens with two attached hydrogens (primary N) is 1. The zero-order valence-corrected chi connectivity index (χ0v) is 12.4. The molecule has 0 aliphatic rings. The van der Waals surface area contributed by atoms with Gasteiger partial charge >= 0.3 is 0 Å². The summed E-state index contributed by atoms with van der Waals surface area (Å²) in [6, 6.07) is 6.16. The monoisotopic (exact) mass is 263 g/mol. The van der Waals surface area contributed by atoms with Crippen molar-refractivity contribution in [1.29, 1.82) is 5.41 Å². The molecule has 106 valence electrons. The molecule has 4 nitrogen and oxygen atoms in total. The maximum absolute atomic E-state index is 7.52. The van der Waals surface area contributed by atoms with Crippen molar-refractivity contribution in [3.8, 4) is 5.75 Å². The Balaban J connectivity index is 2.91. The van der Waals surface area contributed by atoms with Crippen molar-refractivity contribution in [3.63, 3.8) is 0 Å². The number of methoxy groups -OCH3 is 1. The molecule has 0 spiro atoms. The summed E-state index contributed by atoms with van der Waals surface area (Å²) < 4.78 is 5.38. The van der Waals surface area contributed by atoms with Crippen LogP contribution < -0.4 is 10.5 Å². The molecule has 1 aromatic rings. The van der Waals surface area contributed by atoms with Crippen LogP contribution in [0, 0.1) is 5.41 Å². The van der Waals surface area contributed by atoms with Crippen molar-refractivity contribution in [3.05, 3.63) is 29.3 Å². The molecule has 0 amide bonds. The number of rotatable bonds is 7. The Hall–Kier alpha value is -1.55. The van der Waals surface area contributed by atoms with Crippen LogP contribution in [0.4, 0.5) is 0 Å². The average Bonchev–Trinajstić information content (AvgIpc) is 2.38. The van der Waals surface area contributed by atoms with Gasteiger partial charge in [0.2, 0.25) is 0 Å². The molecule has 0 bridgehead atoms. The molecule has 1 rings (SSSR count). The molecule has 1 atom stereocenters. The Morgan fingerprint density at radius 2 is 2.16 bits per heavy atom. The molecular formula is C15H25N3O. The Labute approximate surface area is 116 Å². The molecule has 0 fully saturated rings. The summed E-state index contributed by atoms with van der Waals surface area (Å²) in [6.45, 7) is 5.22. The number of hydrogen-bond acceptors (Lipinski definition) is 3. The Bertz CT molecular complexity index is 431. The lowest BCUT2D eigenvalue weighted by atomic mass is 10.1. The largest absolute Gasteiger partial charge is 0.496 e. The van der Waals surface area contributed by atoms with Gasteiger partial charge in [0.25, 0.3) is 0 Å². The third-order valence-corrected chi connectivity index (χ3v) is 3.47. The molecule has 1 unspecified atom stereocenters. The second-order valence-electron chi connectivity index (χ2n) is 4.99. The van der Waals surface area contributed by atoms with Crippen molar-refractivity contribution in [1.82, 2.24) is 4.90 Å². The molecular weight excluding hydrogens is 238 g/mol. The Morgan fingerprint density at radius 1 is 1.47 bits per heavy atom. The summed E-state index contributed by atoms with van der Waals surface area (Å²) in [6.07, 6.45) is 2.35. The van der Waals surface area contributed by atoms with Crippen LogP contribution in [0.2, 0.25) is 0 Å². The highest BCUT2D eigenvalue weighted by Gasteiger charge is 2.12. The number of hydrogen-bond donors (Lipinski definition) is 2. The van der Waals surface area contributed by atoms with Crippen molar-refractivity contribution in [2.45, 2.75) is 39.3 Å². The van der Waals surface area contributed by atoms with Crippen molar-refractivity contribution < 1.29 is 4.74 Å². The van der Waals surface area contributed by atoms with Crippen LogP contribution in [-0.2, 0) is 6.54 Å². The van der Waals surface area contributed by atoms with Crippen LogP contribution in [0.1, 0.15) is 37.8 Å². The summed E-state index contributed by atoms with van der Waals surface area (Å²) in [4.78, 5) is 2.30. The quantitative estimate of drug-likeness (QED) is 0.587. The van der Waals surface area contributed by atoms with Gasteiger partial charge in [-0.25, -0.2) is 0 Å². The SMILES string of the molecule is CCCC(C)N(C)Cc1cc(C(=N)N)ccc1OC. The summed E-state index contributed by atoms with van der Waals surface area (Å²) in [5.74, 6) is 0.939. The maximum atomic E-state index is 7.52. The predicted octanol–water partition coefficient (Wildman–Crippen LogP) is 2.60. The average molecular weight is 263 g/mol. The first-order chi connectivity index (χ1) is 8.99. The second kappa shape index (κ2) is 7.14. The number of ether oxygens (including phenoxy) is 1. The van der Waals surface area contributed by atoms with Crippen LogP contribution >= 0.6 is 0 Å². The number of nitrogens with one attached hydrogen (secondary N) is 1. The first kappa shape index (κ1) is 15.5. The first-order valence-corrected chi connectivity index (χ1v) is 6.71. The van der Waals surface area contributed by atoms with E-state index in [1.54, 1.807) is 7.11 Å². The fraction of sp³-hybridized carbons (Fsp3) is 0.533. The van der Waals surface area contributed by atoms with E-state index in [2.05, 4.69) is 25.8 Å². The highest BCUT2D eigenvalue weighted by atomic mass is 16.5. The third kappa shape index (κ3) is 4.24. The number of nitrogens with zero attached hydrogens (tertiary/aromatic N) is 1. The van der Waals surface area contributed by atoms with E-state index in [4.69, 9.17) is 15.9 Å². The van der Waals surface area contributed by atoms with E-state index in [-0.39, 0.29) is 5.84 Å². The van der Waals surface area contributed by atoms with Gasteiger partial charge in [-0.15, -0.1) is 0 Å². The zero-order chi connectivity index (χ0) is 14.4. The topological polar surface area (TPSA) is 62.3 Å². The van der Waals surface area contributed by atoms with E-state index < -0.39 is 0 Å². The van der Waals surface area contributed by atoms with E-state index in [9.17, 15) is 0 Å². The zero-order valence-electron chi connectivity index (χ0n) is 12.4. The lowest BCUT2D eigenvalue weighted by molar-refractivity contribution is 0.233. The number of amidine groups is 1. The van der Waals surface area contributed by atoms with Gasteiger partial charge in [-0.1, -0.05) is 13.3 Å². The molecule has 3 N–H and O–H groups in total. The fourth-order valence-electron chi connectivity index (χ4n) is 2.13. The molecule has 0 heterocycles. The summed E-state index contributed by atoms with van der Waals surface area (Å²) >= 11 is 0. The summed E-state index contributed by atoms with van der Waals surface area (Å²) in [5, 5.41) is 7.52. The molecule has 0 saturated heterocycles. The van der Waals surface area contributed by atoms with E-state index in [0.717, 1.165) is 23.4 Å². The van der Waals surface area contributed by atoms with Crippen LogP contribution in [0.15, 0.2) is 18.2 Å². The minimum atomic E-state index is 0.0909. The van der Waals surface area contributed by atoms with E-state index in [0.29, 0.717) is 6.04 Å². The lowest BCUT2D eigenvalue weighted by Gasteiger charge is -2.25. The molecule has 1 aromatic carbocycles. The maximum Gasteiger partial charge on any atom is 0.123 e. The van der Waals surface area contributed by atoms with Gasteiger partial charge in [0.1, 0.15) is 11.6 Å². The first-order valence-electron chi connectivity index (χ1n) is 6.71. The Morgan fingerprint density at radius 3 is 2.68 bits per heavy atom. The van der Waals surface area contributed by atoms with Crippen LogP contribution in [0.25, 0.3) is 0 Å². The minimum absolute atomic E-state index is 0.0909. The second-order valence-corrected chi connectivity index (χ2v) is 4.99. The highest BCUT2D eigenvalue weighted by Crippen LogP contribution is 2.22. The van der Waals surface area contributed by atoms with Gasteiger partial charge in [0.15, 0.2) is 0 Å². The Kier molecular flexibility index (Phi) is 5.83. The van der Waals surface area contributed by atoms with Crippen molar-refractivity contribution >= 4 is 5.84 Å². The summed E-state index contributed by atoms with van der Waals surface area (Å²) in [5.41, 5.74) is 7.35. The fourth-order valence-corrected chi connectivity index (χ4v) is 2.13. The molecule has 0 aliphatic heterocycles. The number of nitrogen functional groups attached to an aromatic ring is 1. The molecule has 19 heavy (non-hydrogen) atoms. The molecule has 4 heteroatoms. The van der Waals surface area contributed by atoms with Gasteiger partial charge in [0.05, 0.1) is 7.11 Å². The van der Waals surface area contributed by atoms with E-state index in [1.165, 1.54) is 12.8 Å². The van der Waals surface area contributed by atoms with Crippen LogP contribution in [0.3, 0.4) is 0 Å². The molecule has 0 aromatic heterocycles. The lowest BCUT2D eigenvalue weighted by Crippen LogP contribution is -2.28. The molecule has 0 saturated carbocycles. The number of benzene rings is 1. The third-order valence-electron chi connectivity index (χ3n) is 3.47. The summed E-state index contributed by atoms with van der Waals surface area (Å²) in [7, 11) is 3.78. The van der Waals surface area contributed by atoms with Gasteiger partial charge in [0, 0.05) is 23.7 Å². The minimum Gasteiger partial charge on any atom is -0.496 e. The molecule has 0 radical (unpaired) electrons. The van der Waals surface area contributed by atoms with Gasteiger partial charge in [-0.3, -0.25) is 10.3 Å². The van der Waals surface area contributed by atoms with Gasteiger partial charge < -0.3 is 10.5 Å². The highest BCUT2D eigenvalue weighted by molar-refractivity contribution is 5.95. The molecule has 0 aliphatic carbocycles. The van der Waals surface area contributed by atoms with Crippen molar-refractivity contribution in [2.75, 3.05) is 14.2 Å². The van der Waals surface area contributed by atoms with Crippen LogP contribution in [-0.4, -0.2) is 30.9 Å². The predicted molar refractivity (Wildman–Crippen MR) is 79.8 cm³/mol. The van der Waals surface area contributed by atoms with Gasteiger partial charge in [-0.2, -0.15) is 0 Å². The normalized spacial score (nSPS) is 12.5. The van der Waals surface area contributed by atoms with Crippen LogP contribution in [0.5, 0.6) is 5.75 Å². The van der Waals surface area contributed by atoms with E-state index >= 15 is 0 Å². The van der Waals surface area contributed by atoms with E-state index in [1.807, 2.05) is 18.2 Å². The van der Waals surface area contributed by atoms with Gasteiger partial charge in [-0.05, 0) is 38.6 Å².